The molecule has 0 bridgehead atoms. The Labute approximate surface area is 177 Å². The molecule has 4 aromatic heterocycles. The zero-order valence-corrected chi connectivity index (χ0v) is 17.3. The van der Waals surface area contributed by atoms with Crippen molar-refractivity contribution < 1.29 is 13.5 Å². The summed E-state index contributed by atoms with van der Waals surface area (Å²) in [4.78, 5) is 13.1. The topological polar surface area (TPSA) is 82.2 Å². The highest BCUT2D eigenvalue weighted by Gasteiger charge is 2.29. The van der Waals surface area contributed by atoms with Crippen molar-refractivity contribution in [3.8, 4) is 11.1 Å². The van der Waals surface area contributed by atoms with Gasteiger partial charge in [-0.2, -0.15) is 0 Å². The maximum absolute atomic E-state index is 13.0. The third kappa shape index (κ3) is 3.71. The first kappa shape index (κ1) is 19.8. The van der Waals surface area contributed by atoms with Gasteiger partial charge in [0, 0.05) is 43.3 Å². The number of fused-ring (bicyclic) bond motifs is 2. The highest BCUT2D eigenvalue weighted by atomic mass is 19.3. The molecular formula is C21H23F2N7O. The second-order valence-electron chi connectivity index (χ2n) is 8.00. The number of methoxy groups -OCH3 is 1. The van der Waals surface area contributed by atoms with Gasteiger partial charge in [-0.3, -0.25) is 0 Å². The first-order valence-corrected chi connectivity index (χ1v) is 10.2. The number of imidazole rings is 1. The first-order chi connectivity index (χ1) is 15.0. The number of aryl methyl sites for hydroxylation is 1. The van der Waals surface area contributed by atoms with Gasteiger partial charge in [0.25, 0.3) is 6.43 Å². The van der Waals surface area contributed by atoms with Crippen molar-refractivity contribution in [2.75, 3.05) is 19.0 Å². The molecule has 1 aliphatic rings. The lowest BCUT2D eigenvalue weighted by Gasteiger charge is -2.35. The highest BCUT2D eigenvalue weighted by Crippen LogP contribution is 2.31. The molecular weight excluding hydrogens is 404 g/mol. The fourth-order valence-corrected chi connectivity index (χ4v) is 4.25. The van der Waals surface area contributed by atoms with Crippen LogP contribution >= 0.6 is 0 Å². The molecule has 4 aromatic rings. The van der Waals surface area contributed by atoms with Crippen molar-refractivity contribution in [2.24, 2.45) is 5.92 Å². The second kappa shape index (κ2) is 7.84. The van der Waals surface area contributed by atoms with Gasteiger partial charge in [0.2, 0.25) is 5.95 Å². The standard InChI is InChI=1S/C21H23F2N7O/c1-12-26-20-17(29(12)10-19(22)23)7-14(8-24-20)16-3-4-30-18(16)9-25-21(28-30)27-15-5-13(6-15)11-31-2/h3-4,7-9,13,15,19H,5-6,10-11H2,1-2H3,(H,27,28)/t13-,15-. The van der Waals surface area contributed by atoms with Gasteiger partial charge in [-0.1, -0.05) is 0 Å². The Kier molecular flexibility index (Phi) is 5.01. The van der Waals surface area contributed by atoms with E-state index in [-0.39, 0.29) is 0 Å². The lowest BCUT2D eigenvalue weighted by molar-refractivity contribution is 0.104. The van der Waals surface area contributed by atoms with Crippen molar-refractivity contribution in [1.29, 1.82) is 0 Å². The van der Waals surface area contributed by atoms with E-state index in [0.717, 1.165) is 36.1 Å². The number of alkyl halides is 2. The summed E-state index contributed by atoms with van der Waals surface area (Å²) in [6, 6.07) is 4.13. The van der Waals surface area contributed by atoms with Gasteiger partial charge in [-0.25, -0.2) is 28.2 Å². The number of hydrogen-bond donors (Lipinski definition) is 1. The number of nitrogens with zero attached hydrogens (tertiary/aromatic N) is 6. The molecule has 1 N–H and O–H groups in total. The minimum atomic E-state index is -2.46. The minimum absolute atomic E-state index is 0.359. The van der Waals surface area contributed by atoms with E-state index in [0.29, 0.717) is 34.9 Å². The largest absolute Gasteiger partial charge is 0.384 e. The summed E-state index contributed by atoms with van der Waals surface area (Å²) in [7, 11) is 1.72. The van der Waals surface area contributed by atoms with Crippen molar-refractivity contribution in [3.05, 3.63) is 36.5 Å². The van der Waals surface area contributed by atoms with Crippen LogP contribution in [0.4, 0.5) is 14.7 Å². The van der Waals surface area contributed by atoms with E-state index in [1.807, 2.05) is 18.3 Å². The van der Waals surface area contributed by atoms with Gasteiger partial charge in [0.05, 0.1) is 23.8 Å². The first-order valence-electron chi connectivity index (χ1n) is 10.2. The van der Waals surface area contributed by atoms with Gasteiger partial charge in [0.15, 0.2) is 5.65 Å². The third-order valence-corrected chi connectivity index (χ3v) is 5.82. The molecule has 10 heteroatoms. The average molecular weight is 427 g/mol. The summed E-state index contributed by atoms with van der Waals surface area (Å²) >= 11 is 0. The van der Waals surface area contributed by atoms with Crippen LogP contribution in [-0.2, 0) is 11.3 Å². The maximum Gasteiger partial charge on any atom is 0.256 e. The lowest BCUT2D eigenvalue weighted by atomic mass is 9.81. The van der Waals surface area contributed by atoms with Crippen molar-refractivity contribution >= 4 is 22.6 Å². The highest BCUT2D eigenvalue weighted by molar-refractivity contribution is 5.85. The van der Waals surface area contributed by atoms with Crippen LogP contribution in [0.3, 0.4) is 0 Å². The summed E-state index contributed by atoms with van der Waals surface area (Å²) in [5.41, 5.74) is 3.54. The Morgan fingerprint density at radius 2 is 2.06 bits per heavy atom. The minimum Gasteiger partial charge on any atom is -0.384 e. The van der Waals surface area contributed by atoms with E-state index in [2.05, 4.69) is 25.4 Å². The molecule has 0 spiro atoms. The summed E-state index contributed by atoms with van der Waals surface area (Å²) in [6.07, 6.45) is 4.95. The predicted octanol–water partition coefficient (Wildman–Crippen LogP) is 3.55. The molecule has 0 aromatic carbocycles. The van der Waals surface area contributed by atoms with E-state index in [9.17, 15) is 8.78 Å². The molecule has 0 atom stereocenters. The number of nitrogens with one attached hydrogen (secondary N) is 1. The fraction of sp³-hybridized carbons (Fsp3) is 0.429. The molecule has 0 aliphatic heterocycles. The van der Waals surface area contributed by atoms with E-state index in [1.165, 1.54) is 4.57 Å². The quantitative estimate of drug-likeness (QED) is 0.486. The number of ether oxygens (including phenoxy) is 1. The van der Waals surface area contributed by atoms with E-state index in [1.54, 1.807) is 30.9 Å². The fourth-order valence-electron chi connectivity index (χ4n) is 4.25. The van der Waals surface area contributed by atoms with Gasteiger partial charge in [-0.15, -0.1) is 5.10 Å². The molecule has 1 saturated carbocycles. The Morgan fingerprint density at radius 1 is 1.23 bits per heavy atom. The van der Waals surface area contributed by atoms with E-state index < -0.39 is 13.0 Å². The van der Waals surface area contributed by atoms with Crippen molar-refractivity contribution in [2.45, 2.75) is 38.8 Å². The van der Waals surface area contributed by atoms with Crippen LogP contribution in [0.2, 0.25) is 0 Å². The zero-order valence-electron chi connectivity index (χ0n) is 17.3. The zero-order chi connectivity index (χ0) is 21.5. The Morgan fingerprint density at radius 3 is 2.84 bits per heavy atom. The molecule has 0 amide bonds. The third-order valence-electron chi connectivity index (χ3n) is 5.82. The van der Waals surface area contributed by atoms with Crippen LogP contribution in [0, 0.1) is 12.8 Å². The summed E-state index contributed by atoms with van der Waals surface area (Å²) in [5.74, 6) is 1.69. The number of pyridine rings is 1. The van der Waals surface area contributed by atoms with Crippen LogP contribution in [-0.4, -0.2) is 55.3 Å². The average Bonchev–Trinajstić information content (AvgIpc) is 3.26. The Balaban J connectivity index is 1.42. The van der Waals surface area contributed by atoms with Gasteiger partial charge >= 0.3 is 0 Å². The van der Waals surface area contributed by atoms with E-state index >= 15 is 0 Å². The molecule has 1 fully saturated rings. The van der Waals surface area contributed by atoms with Crippen LogP contribution in [0.5, 0.6) is 0 Å². The van der Waals surface area contributed by atoms with E-state index in [4.69, 9.17) is 4.74 Å². The molecule has 8 nitrogen and oxygen atoms in total. The van der Waals surface area contributed by atoms with Crippen LogP contribution < -0.4 is 5.32 Å². The molecule has 1 aliphatic carbocycles. The number of rotatable bonds is 7. The molecule has 0 saturated heterocycles. The van der Waals surface area contributed by atoms with Crippen LogP contribution in [0.1, 0.15) is 18.7 Å². The molecule has 4 heterocycles. The molecule has 0 radical (unpaired) electrons. The molecule has 162 valence electrons. The predicted molar refractivity (Wildman–Crippen MR) is 112 cm³/mol. The maximum atomic E-state index is 13.0. The monoisotopic (exact) mass is 427 g/mol. The van der Waals surface area contributed by atoms with Crippen LogP contribution in [0.15, 0.2) is 30.7 Å². The molecule has 31 heavy (non-hydrogen) atoms. The molecule has 5 rings (SSSR count). The Hall–Kier alpha value is -3.14. The van der Waals surface area contributed by atoms with Crippen molar-refractivity contribution in [1.82, 2.24) is 29.1 Å². The normalized spacial score (nSPS) is 18.7. The number of hydrogen-bond acceptors (Lipinski definition) is 6. The second-order valence-corrected chi connectivity index (χ2v) is 8.00. The number of aromatic nitrogens is 6. The number of halogens is 2. The molecule has 0 unspecified atom stereocenters. The van der Waals surface area contributed by atoms with Gasteiger partial charge < -0.3 is 14.6 Å². The van der Waals surface area contributed by atoms with Gasteiger partial charge in [0.1, 0.15) is 5.82 Å². The van der Waals surface area contributed by atoms with Crippen molar-refractivity contribution in [3.63, 3.8) is 0 Å². The summed E-state index contributed by atoms with van der Waals surface area (Å²) in [5, 5.41) is 7.93. The van der Waals surface area contributed by atoms with Crippen LogP contribution in [0.25, 0.3) is 27.8 Å². The smallest absolute Gasteiger partial charge is 0.256 e. The lowest BCUT2D eigenvalue weighted by Crippen LogP contribution is -2.38. The summed E-state index contributed by atoms with van der Waals surface area (Å²) in [6.45, 7) is 2.08. The SMILES string of the molecule is COC[C@H]1C[C@H](Nc2ncc3c(-c4cnc5nc(C)n(CC(F)F)c5c4)ccn3n2)C1. The van der Waals surface area contributed by atoms with Gasteiger partial charge in [-0.05, 0) is 37.8 Å². The number of anilines is 1. The summed E-state index contributed by atoms with van der Waals surface area (Å²) < 4.78 is 34.5. The Bertz CT molecular complexity index is 1230.